The molecule has 30 heavy (non-hydrogen) atoms. The highest BCUT2D eigenvalue weighted by Crippen LogP contribution is 2.48. The minimum absolute atomic E-state index is 0.0962. The van der Waals surface area contributed by atoms with E-state index in [0.717, 1.165) is 37.7 Å². The van der Waals surface area contributed by atoms with E-state index in [9.17, 15) is 15.0 Å². The molecular formula is C25H34ClNO3. The van der Waals surface area contributed by atoms with E-state index in [2.05, 4.69) is 6.08 Å². The third kappa shape index (κ3) is 6.19. The number of aliphatic hydroxyl groups is 2. The highest BCUT2D eigenvalue weighted by atomic mass is 35.5. The predicted molar refractivity (Wildman–Crippen MR) is 121 cm³/mol. The lowest BCUT2D eigenvalue weighted by molar-refractivity contribution is -0.128. The third-order valence-electron chi connectivity index (χ3n) is 6.50. The van der Waals surface area contributed by atoms with Gasteiger partial charge in [0.1, 0.15) is 0 Å². The fraction of sp³-hybridized carbons (Fsp3) is 0.560. The monoisotopic (exact) mass is 431 g/mol. The highest BCUT2D eigenvalue weighted by Gasteiger charge is 2.43. The van der Waals surface area contributed by atoms with Crippen molar-refractivity contribution in [1.29, 1.82) is 0 Å². The number of benzene rings is 1. The summed E-state index contributed by atoms with van der Waals surface area (Å²) in [5.74, 6) is 1.15. The summed E-state index contributed by atoms with van der Waals surface area (Å²) in [5, 5.41) is 21.6. The molecule has 3 rings (SSSR count). The first-order valence-corrected chi connectivity index (χ1v) is 11.4. The molecule has 164 valence electrons. The van der Waals surface area contributed by atoms with Crippen molar-refractivity contribution in [2.75, 3.05) is 14.1 Å². The maximum absolute atomic E-state index is 11.7. The fourth-order valence-electron chi connectivity index (χ4n) is 4.83. The Morgan fingerprint density at radius 1 is 1.27 bits per heavy atom. The van der Waals surface area contributed by atoms with Gasteiger partial charge in [0, 0.05) is 37.9 Å². The second-order valence-corrected chi connectivity index (χ2v) is 9.45. The van der Waals surface area contributed by atoms with Crippen LogP contribution >= 0.6 is 11.6 Å². The van der Waals surface area contributed by atoms with Crippen molar-refractivity contribution >= 4 is 17.5 Å². The van der Waals surface area contributed by atoms with Gasteiger partial charge in [0.25, 0.3) is 0 Å². The van der Waals surface area contributed by atoms with E-state index >= 15 is 0 Å². The van der Waals surface area contributed by atoms with Crippen LogP contribution < -0.4 is 0 Å². The predicted octanol–water partition coefficient (Wildman–Crippen LogP) is 4.39. The summed E-state index contributed by atoms with van der Waals surface area (Å²) in [6.45, 7) is 0. The summed E-state index contributed by atoms with van der Waals surface area (Å²) in [5.41, 5.74) is 2.51. The van der Waals surface area contributed by atoms with Crippen molar-refractivity contribution in [2.45, 2.75) is 57.2 Å². The van der Waals surface area contributed by atoms with Gasteiger partial charge in [-0.15, -0.1) is 0 Å². The van der Waals surface area contributed by atoms with E-state index in [0.29, 0.717) is 29.7 Å². The van der Waals surface area contributed by atoms with Crippen molar-refractivity contribution in [2.24, 2.45) is 17.8 Å². The normalized spacial score (nSPS) is 26.6. The van der Waals surface area contributed by atoms with Crippen LogP contribution in [0.4, 0.5) is 0 Å². The molecule has 1 aromatic rings. The molecule has 0 aromatic heterocycles. The molecule has 0 aliphatic heterocycles. The molecular weight excluding hydrogens is 398 g/mol. The molecule has 5 heteroatoms. The Hall–Kier alpha value is -1.62. The number of hydrogen-bond acceptors (Lipinski definition) is 3. The largest absolute Gasteiger partial charge is 0.392 e. The lowest BCUT2D eigenvalue weighted by Crippen LogP contribution is -2.21. The van der Waals surface area contributed by atoms with Gasteiger partial charge in [0.05, 0.1) is 12.2 Å². The maximum atomic E-state index is 11.7. The average molecular weight is 432 g/mol. The number of allylic oxidation sites excluding steroid dienone is 2. The molecule has 0 spiro atoms. The van der Waals surface area contributed by atoms with E-state index in [1.165, 1.54) is 5.57 Å². The summed E-state index contributed by atoms with van der Waals surface area (Å²) in [7, 11) is 3.60. The van der Waals surface area contributed by atoms with E-state index in [-0.39, 0.29) is 17.9 Å². The number of amides is 1. The molecule has 0 radical (unpaired) electrons. The molecule has 4 nitrogen and oxygen atoms in total. The molecule has 0 heterocycles. The van der Waals surface area contributed by atoms with Crippen LogP contribution in [0, 0.1) is 17.8 Å². The fourth-order valence-corrected chi connectivity index (χ4v) is 4.96. The van der Waals surface area contributed by atoms with Crippen LogP contribution in [0.5, 0.6) is 0 Å². The van der Waals surface area contributed by atoms with Crippen molar-refractivity contribution < 1.29 is 15.0 Å². The summed E-state index contributed by atoms with van der Waals surface area (Å²) >= 11 is 5.91. The van der Waals surface area contributed by atoms with Crippen molar-refractivity contribution in [3.63, 3.8) is 0 Å². The molecule has 0 unspecified atom stereocenters. The zero-order valence-corrected chi connectivity index (χ0v) is 18.8. The van der Waals surface area contributed by atoms with E-state index in [1.54, 1.807) is 19.0 Å². The molecule has 1 aromatic carbocycles. The van der Waals surface area contributed by atoms with Crippen LogP contribution in [-0.2, 0) is 11.2 Å². The summed E-state index contributed by atoms with van der Waals surface area (Å²) in [4.78, 5) is 13.3. The minimum Gasteiger partial charge on any atom is -0.392 e. The van der Waals surface area contributed by atoms with Crippen LogP contribution in [0.2, 0.25) is 5.02 Å². The number of carbonyl (C=O) groups excluding carboxylic acids is 1. The van der Waals surface area contributed by atoms with Gasteiger partial charge in [-0.25, -0.2) is 0 Å². The molecule has 2 N–H and O–H groups in total. The summed E-state index contributed by atoms with van der Waals surface area (Å²) in [6, 6.07) is 7.53. The van der Waals surface area contributed by atoms with Crippen LogP contribution in [-0.4, -0.2) is 47.3 Å². The number of carbonyl (C=O) groups is 1. The molecule has 0 saturated heterocycles. The van der Waals surface area contributed by atoms with Gasteiger partial charge in [-0.2, -0.15) is 0 Å². The Kier molecular flexibility index (Phi) is 8.15. The van der Waals surface area contributed by atoms with E-state index in [4.69, 9.17) is 11.6 Å². The first kappa shape index (κ1) is 23.1. The zero-order chi connectivity index (χ0) is 21.7. The SMILES string of the molecule is CN(C)C(=O)CCCCC1=C[C@H]2C[C@@H](O)[C@H](C=C[C@H](O)Cc3ccc(Cl)cc3)[C@H]2C1. The number of halogens is 1. The van der Waals surface area contributed by atoms with Gasteiger partial charge in [-0.05, 0) is 61.6 Å². The molecule has 2 aliphatic rings. The van der Waals surface area contributed by atoms with Gasteiger partial charge in [0.15, 0.2) is 0 Å². The van der Waals surface area contributed by atoms with Gasteiger partial charge >= 0.3 is 0 Å². The Balaban J connectivity index is 1.47. The summed E-state index contributed by atoms with van der Waals surface area (Å²) in [6.07, 6.45) is 11.3. The number of unbranched alkanes of at least 4 members (excludes halogenated alkanes) is 1. The molecule has 0 bridgehead atoms. The van der Waals surface area contributed by atoms with Crippen LogP contribution in [0.1, 0.15) is 44.1 Å². The van der Waals surface area contributed by atoms with Gasteiger partial charge in [-0.1, -0.05) is 47.5 Å². The standard InChI is InChI=1S/C25H34ClNO3/c1-27(2)25(30)6-4-3-5-18-13-19-16-24(29)22(23(19)15-18)12-11-21(28)14-17-7-9-20(26)10-8-17/h7-13,19,21-24,28-29H,3-6,14-16H2,1-2H3/t19-,21-,22+,23-,24+/m0/s1. The van der Waals surface area contributed by atoms with Crippen LogP contribution in [0.25, 0.3) is 0 Å². The maximum Gasteiger partial charge on any atom is 0.222 e. The second-order valence-electron chi connectivity index (χ2n) is 9.02. The number of fused-ring (bicyclic) bond motifs is 1. The molecule has 1 saturated carbocycles. The zero-order valence-electron chi connectivity index (χ0n) is 18.0. The van der Waals surface area contributed by atoms with Crippen LogP contribution in [0.15, 0.2) is 48.1 Å². The number of aliphatic hydroxyl groups excluding tert-OH is 2. The van der Waals surface area contributed by atoms with Crippen molar-refractivity contribution in [1.82, 2.24) is 4.90 Å². The van der Waals surface area contributed by atoms with Gasteiger partial charge in [-0.3, -0.25) is 4.79 Å². The minimum atomic E-state index is -0.569. The third-order valence-corrected chi connectivity index (χ3v) is 6.75. The second kappa shape index (κ2) is 10.6. The number of hydrogen-bond donors (Lipinski definition) is 2. The van der Waals surface area contributed by atoms with E-state index in [1.807, 2.05) is 36.4 Å². The number of nitrogens with zero attached hydrogens (tertiary/aromatic N) is 1. The van der Waals surface area contributed by atoms with Gasteiger partial charge < -0.3 is 15.1 Å². The first-order valence-electron chi connectivity index (χ1n) is 11.0. The smallest absolute Gasteiger partial charge is 0.222 e. The average Bonchev–Trinajstić information content (AvgIpc) is 3.21. The topological polar surface area (TPSA) is 60.8 Å². The molecule has 2 aliphatic carbocycles. The first-order chi connectivity index (χ1) is 14.3. The Labute approximate surface area is 185 Å². The lowest BCUT2D eigenvalue weighted by atomic mass is 9.88. The molecule has 1 amide bonds. The Morgan fingerprint density at radius 2 is 2.00 bits per heavy atom. The quantitative estimate of drug-likeness (QED) is 0.450. The van der Waals surface area contributed by atoms with Crippen LogP contribution in [0.3, 0.4) is 0 Å². The van der Waals surface area contributed by atoms with Crippen molar-refractivity contribution in [3.8, 4) is 0 Å². The van der Waals surface area contributed by atoms with Gasteiger partial charge in [0.2, 0.25) is 5.91 Å². The highest BCUT2D eigenvalue weighted by molar-refractivity contribution is 6.30. The molecule has 5 atom stereocenters. The van der Waals surface area contributed by atoms with Crippen molar-refractivity contribution in [3.05, 3.63) is 58.7 Å². The lowest BCUT2D eigenvalue weighted by Gasteiger charge is -2.19. The summed E-state index contributed by atoms with van der Waals surface area (Å²) < 4.78 is 0. The Bertz CT molecular complexity index is 771. The van der Waals surface area contributed by atoms with E-state index < -0.39 is 6.10 Å². The Morgan fingerprint density at radius 3 is 2.70 bits per heavy atom. The molecule has 1 fully saturated rings. The number of rotatable bonds is 9.